The van der Waals surface area contributed by atoms with Gasteiger partial charge in [0.2, 0.25) is 0 Å². The Balaban J connectivity index is 2.48. The van der Waals surface area contributed by atoms with Crippen LogP contribution in [-0.4, -0.2) is 14.7 Å². The molecule has 0 aliphatic carbocycles. The van der Waals surface area contributed by atoms with Crippen molar-refractivity contribution in [3.63, 3.8) is 0 Å². The minimum Gasteiger partial charge on any atom is -0.390 e. The third kappa shape index (κ3) is 2.11. The predicted octanol–water partition coefficient (Wildman–Crippen LogP) is 2.34. The molecule has 0 fully saturated rings. The van der Waals surface area contributed by atoms with E-state index >= 15 is 0 Å². The van der Waals surface area contributed by atoms with Crippen molar-refractivity contribution >= 4 is 15.9 Å². The van der Waals surface area contributed by atoms with E-state index in [-0.39, 0.29) is 6.61 Å². The van der Waals surface area contributed by atoms with E-state index in [0.717, 1.165) is 15.9 Å². The molecule has 0 unspecified atom stereocenters. The van der Waals surface area contributed by atoms with Gasteiger partial charge in [0.1, 0.15) is 5.82 Å². The molecule has 0 aliphatic heterocycles. The summed E-state index contributed by atoms with van der Waals surface area (Å²) in [6, 6.07) is 7.93. The van der Waals surface area contributed by atoms with Crippen molar-refractivity contribution in [3.05, 3.63) is 40.6 Å². The maximum Gasteiger partial charge on any atom is 0.140 e. The topological polar surface area (TPSA) is 38.0 Å². The number of aromatic nitrogens is 2. The minimum atomic E-state index is -0.0259. The highest BCUT2D eigenvalue weighted by atomic mass is 79.9. The van der Waals surface area contributed by atoms with Crippen molar-refractivity contribution in [1.82, 2.24) is 9.55 Å². The normalized spacial score (nSPS) is 10.6. The number of aryl methyl sites for hydroxylation is 1. The Morgan fingerprint density at radius 3 is 2.87 bits per heavy atom. The van der Waals surface area contributed by atoms with Crippen LogP contribution in [0.15, 0.2) is 34.9 Å². The average Bonchev–Trinajstić information content (AvgIpc) is 2.60. The van der Waals surface area contributed by atoms with E-state index in [2.05, 4.69) is 20.9 Å². The third-order valence-electron chi connectivity index (χ3n) is 2.17. The SMILES string of the molecule is Cn1cc(CO)nc1-c1cccc(Br)c1. The summed E-state index contributed by atoms with van der Waals surface area (Å²) in [4.78, 5) is 4.33. The highest BCUT2D eigenvalue weighted by Gasteiger charge is 2.06. The molecule has 0 aliphatic rings. The first-order valence-electron chi connectivity index (χ1n) is 4.60. The van der Waals surface area contributed by atoms with E-state index in [9.17, 15) is 0 Å². The van der Waals surface area contributed by atoms with Gasteiger partial charge >= 0.3 is 0 Å². The largest absolute Gasteiger partial charge is 0.390 e. The Kier molecular flexibility index (Phi) is 2.88. The lowest BCUT2D eigenvalue weighted by Crippen LogP contribution is -1.90. The average molecular weight is 267 g/mol. The first-order valence-corrected chi connectivity index (χ1v) is 5.39. The summed E-state index contributed by atoms with van der Waals surface area (Å²) in [5, 5.41) is 8.99. The Morgan fingerprint density at radius 2 is 2.27 bits per heavy atom. The lowest BCUT2D eigenvalue weighted by Gasteiger charge is -2.01. The lowest BCUT2D eigenvalue weighted by atomic mass is 10.2. The van der Waals surface area contributed by atoms with Gasteiger partial charge in [-0.1, -0.05) is 28.1 Å². The van der Waals surface area contributed by atoms with Crippen LogP contribution in [0.5, 0.6) is 0 Å². The first kappa shape index (κ1) is 10.4. The zero-order valence-electron chi connectivity index (χ0n) is 8.31. The lowest BCUT2D eigenvalue weighted by molar-refractivity contribution is 0.277. The summed E-state index contributed by atoms with van der Waals surface area (Å²) in [6.45, 7) is -0.0259. The van der Waals surface area contributed by atoms with Crippen molar-refractivity contribution in [2.75, 3.05) is 0 Å². The van der Waals surface area contributed by atoms with Gasteiger partial charge in [0.15, 0.2) is 0 Å². The van der Waals surface area contributed by atoms with E-state index in [1.54, 1.807) is 0 Å². The molecule has 15 heavy (non-hydrogen) atoms. The van der Waals surface area contributed by atoms with Crippen LogP contribution in [0.3, 0.4) is 0 Å². The van der Waals surface area contributed by atoms with Crippen LogP contribution in [0.4, 0.5) is 0 Å². The zero-order chi connectivity index (χ0) is 10.8. The number of aliphatic hydroxyl groups excluding tert-OH is 1. The molecule has 0 atom stereocenters. The Hall–Kier alpha value is -1.13. The van der Waals surface area contributed by atoms with Gasteiger partial charge in [-0.2, -0.15) is 0 Å². The summed E-state index contributed by atoms with van der Waals surface area (Å²) < 4.78 is 2.93. The molecule has 0 saturated carbocycles. The van der Waals surface area contributed by atoms with Gasteiger partial charge in [-0.15, -0.1) is 0 Å². The summed E-state index contributed by atoms with van der Waals surface area (Å²) >= 11 is 3.42. The fraction of sp³-hybridized carbons (Fsp3) is 0.182. The smallest absolute Gasteiger partial charge is 0.140 e. The van der Waals surface area contributed by atoms with Crippen LogP contribution in [-0.2, 0) is 13.7 Å². The molecule has 1 heterocycles. The van der Waals surface area contributed by atoms with Crippen LogP contribution >= 0.6 is 15.9 Å². The second-order valence-electron chi connectivity index (χ2n) is 3.34. The molecule has 0 saturated heterocycles. The van der Waals surface area contributed by atoms with Crippen molar-refractivity contribution in [2.24, 2.45) is 7.05 Å². The zero-order valence-corrected chi connectivity index (χ0v) is 9.90. The van der Waals surface area contributed by atoms with Gasteiger partial charge in [-0.3, -0.25) is 0 Å². The minimum absolute atomic E-state index is 0.0259. The molecule has 4 heteroatoms. The Bertz CT molecular complexity index is 479. The molecular weight excluding hydrogens is 256 g/mol. The Morgan fingerprint density at radius 1 is 1.47 bits per heavy atom. The summed E-state index contributed by atoms with van der Waals surface area (Å²) in [7, 11) is 1.92. The Labute approximate surface area is 96.5 Å². The maximum atomic E-state index is 8.99. The molecule has 0 radical (unpaired) electrons. The number of halogens is 1. The fourth-order valence-corrected chi connectivity index (χ4v) is 1.90. The second kappa shape index (κ2) is 4.16. The van der Waals surface area contributed by atoms with E-state index in [1.807, 2.05) is 42.1 Å². The molecule has 0 amide bonds. The summed E-state index contributed by atoms with van der Waals surface area (Å²) in [5.74, 6) is 0.861. The number of rotatable bonds is 2. The number of imidazole rings is 1. The van der Waals surface area contributed by atoms with Gasteiger partial charge in [0.05, 0.1) is 12.3 Å². The van der Waals surface area contributed by atoms with Crippen molar-refractivity contribution in [3.8, 4) is 11.4 Å². The van der Waals surface area contributed by atoms with Gasteiger partial charge < -0.3 is 9.67 Å². The predicted molar refractivity (Wildman–Crippen MR) is 62.3 cm³/mol. The van der Waals surface area contributed by atoms with E-state index in [4.69, 9.17) is 5.11 Å². The monoisotopic (exact) mass is 266 g/mol. The number of benzene rings is 1. The molecular formula is C11H11BrN2O. The van der Waals surface area contributed by atoms with Gasteiger partial charge in [-0.05, 0) is 12.1 Å². The number of aliphatic hydroxyl groups is 1. The van der Waals surface area contributed by atoms with Gasteiger partial charge in [0.25, 0.3) is 0 Å². The fourth-order valence-electron chi connectivity index (χ4n) is 1.50. The van der Waals surface area contributed by atoms with Gasteiger partial charge in [0, 0.05) is 23.3 Å². The van der Waals surface area contributed by atoms with Crippen molar-refractivity contribution in [1.29, 1.82) is 0 Å². The van der Waals surface area contributed by atoms with Crippen LogP contribution in [0, 0.1) is 0 Å². The standard InChI is InChI=1S/C11H11BrN2O/c1-14-6-10(7-15)13-11(14)8-3-2-4-9(12)5-8/h2-6,15H,7H2,1H3. The molecule has 1 N–H and O–H groups in total. The summed E-state index contributed by atoms with van der Waals surface area (Å²) in [6.07, 6.45) is 1.83. The van der Waals surface area contributed by atoms with Gasteiger partial charge in [-0.25, -0.2) is 4.98 Å². The van der Waals surface area contributed by atoms with E-state index in [0.29, 0.717) is 5.69 Å². The van der Waals surface area contributed by atoms with Crippen LogP contribution < -0.4 is 0 Å². The molecule has 1 aromatic carbocycles. The van der Waals surface area contributed by atoms with Crippen LogP contribution in [0.2, 0.25) is 0 Å². The number of hydrogen-bond donors (Lipinski definition) is 1. The second-order valence-corrected chi connectivity index (χ2v) is 4.25. The third-order valence-corrected chi connectivity index (χ3v) is 2.66. The number of hydrogen-bond acceptors (Lipinski definition) is 2. The molecule has 2 rings (SSSR count). The summed E-state index contributed by atoms with van der Waals surface area (Å²) in [5.41, 5.74) is 1.72. The first-order chi connectivity index (χ1) is 7.20. The highest BCUT2D eigenvalue weighted by molar-refractivity contribution is 9.10. The highest BCUT2D eigenvalue weighted by Crippen LogP contribution is 2.21. The van der Waals surface area contributed by atoms with E-state index in [1.165, 1.54) is 0 Å². The molecule has 1 aromatic heterocycles. The molecule has 0 spiro atoms. The quantitative estimate of drug-likeness (QED) is 0.906. The number of nitrogens with zero attached hydrogens (tertiary/aromatic N) is 2. The molecule has 0 bridgehead atoms. The van der Waals surface area contributed by atoms with E-state index < -0.39 is 0 Å². The van der Waals surface area contributed by atoms with Crippen molar-refractivity contribution < 1.29 is 5.11 Å². The molecule has 3 nitrogen and oxygen atoms in total. The molecule has 2 aromatic rings. The van der Waals surface area contributed by atoms with Crippen molar-refractivity contribution in [2.45, 2.75) is 6.61 Å². The van der Waals surface area contributed by atoms with Crippen LogP contribution in [0.1, 0.15) is 5.69 Å². The maximum absolute atomic E-state index is 8.99. The molecule has 78 valence electrons. The van der Waals surface area contributed by atoms with Crippen LogP contribution in [0.25, 0.3) is 11.4 Å².